The van der Waals surface area contributed by atoms with Crippen LogP contribution in [-0.4, -0.2) is 57.0 Å². The summed E-state index contributed by atoms with van der Waals surface area (Å²) in [5.74, 6) is 1.16. The third-order valence-corrected chi connectivity index (χ3v) is 5.78. The van der Waals surface area contributed by atoms with E-state index in [-0.39, 0.29) is 43.7 Å². The highest BCUT2D eigenvalue weighted by molar-refractivity contribution is 5.97. The fraction of sp³-hybridized carbons (Fsp3) is 0.370. The number of amides is 1. The van der Waals surface area contributed by atoms with Crippen LogP contribution in [0.25, 0.3) is 11.2 Å². The number of benzene rings is 1. The number of aromatic nitrogens is 4. The number of nitrogens with one attached hydrogen (secondary N) is 1. The van der Waals surface area contributed by atoms with Crippen LogP contribution in [0.5, 0.6) is 0 Å². The first-order chi connectivity index (χ1) is 18.7. The lowest BCUT2D eigenvalue weighted by Gasteiger charge is -2.18. The SMILES string of the molecule is C#CCC(Cc1cnc2nc(N)nc(N)c2n1)c1ccc(C(=O)N[C@@H](CCC(=O)OCC)C(=O)OCC)cc1. The molecule has 204 valence electrons. The van der Waals surface area contributed by atoms with E-state index in [0.717, 1.165) is 5.56 Å². The molecule has 39 heavy (non-hydrogen) atoms. The number of fused-ring (bicyclic) bond motifs is 1. The van der Waals surface area contributed by atoms with Crippen LogP contribution in [0.15, 0.2) is 30.5 Å². The molecular weight excluding hydrogens is 502 g/mol. The normalized spacial score (nSPS) is 12.2. The second-order valence-electron chi connectivity index (χ2n) is 8.55. The molecule has 12 heteroatoms. The van der Waals surface area contributed by atoms with Crippen molar-refractivity contribution in [2.24, 2.45) is 0 Å². The van der Waals surface area contributed by atoms with E-state index in [1.807, 2.05) is 0 Å². The maximum atomic E-state index is 12.9. The Morgan fingerprint density at radius 2 is 1.77 bits per heavy atom. The lowest BCUT2D eigenvalue weighted by Crippen LogP contribution is -2.42. The Bertz CT molecular complexity index is 1370. The predicted octanol–water partition coefficient (Wildman–Crippen LogP) is 1.94. The van der Waals surface area contributed by atoms with E-state index < -0.39 is 23.9 Å². The number of hydrogen-bond acceptors (Lipinski definition) is 11. The van der Waals surface area contributed by atoms with Crippen molar-refractivity contribution < 1.29 is 23.9 Å². The monoisotopic (exact) mass is 533 g/mol. The molecule has 0 saturated heterocycles. The number of ether oxygens (including phenoxy) is 2. The van der Waals surface area contributed by atoms with Crippen molar-refractivity contribution in [2.75, 3.05) is 24.7 Å². The summed E-state index contributed by atoms with van der Waals surface area (Å²) in [7, 11) is 0. The lowest BCUT2D eigenvalue weighted by molar-refractivity contribution is -0.146. The Balaban J connectivity index is 1.73. The van der Waals surface area contributed by atoms with Gasteiger partial charge in [-0.25, -0.2) is 14.8 Å². The third kappa shape index (κ3) is 7.85. The van der Waals surface area contributed by atoms with E-state index >= 15 is 0 Å². The Labute approximate surface area is 225 Å². The zero-order chi connectivity index (χ0) is 28.4. The second kappa shape index (κ2) is 13.7. The number of nitrogen functional groups attached to an aromatic ring is 2. The van der Waals surface area contributed by atoms with Crippen LogP contribution < -0.4 is 16.8 Å². The standard InChI is InChI=1S/C27H31N7O5/c1-4-7-18(14-19-15-30-24-22(31-19)23(28)33-27(29)34-24)16-8-10-17(11-9-16)25(36)32-20(26(37)39-6-3)12-13-21(35)38-5-2/h1,8-11,15,18,20H,5-7,12-14H2,2-3H3,(H,32,36)(H4,28,29,30,33,34)/t18?,20-/m0/s1. The average molecular weight is 534 g/mol. The zero-order valence-electron chi connectivity index (χ0n) is 21.8. The van der Waals surface area contributed by atoms with Crippen LogP contribution >= 0.6 is 0 Å². The van der Waals surface area contributed by atoms with Crippen molar-refractivity contribution in [3.8, 4) is 12.3 Å². The summed E-state index contributed by atoms with van der Waals surface area (Å²) in [5, 5.41) is 2.65. The molecule has 2 atom stereocenters. The van der Waals surface area contributed by atoms with Crippen LogP contribution in [-0.2, 0) is 25.5 Å². The van der Waals surface area contributed by atoms with Gasteiger partial charge in [0, 0.05) is 24.3 Å². The fourth-order valence-electron chi connectivity index (χ4n) is 3.92. The molecule has 1 unspecified atom stereocenters. The van der Waals surface area contributed by atoms with Crippen LogP contribution in [0.2, 0.25) is 0 Å². The Morgan fingerprint density at radius 3 is 2.44 bits per heavy atom. The van der Waals surface area contributed by atoms with Gasteiger partial charge in [0.05, 0.1) is 25.1 Å². The molecule has 0 bridgehead atoms. The summed E-state index contributed by atoms with van der Waals surface area (Å²) in [4.78, 5) is 53.8. The van der Waals surface area contributed by atoms with Gasteiger partial charge in [-0.15, -0.1) is 12.3 Å². The van der Waals surface area contributed by atoms with E-state index in [2.05, 4.69) is 31.2 Å². The van der Waals surface area contributed by atoms with Crippen molar-refractivity contribution in [1.82, 2.24) is 25.3 Å². The molecule has 1 aromatic carbocycles. The number of terminal acetylenes is 1. The van der Waals surface area contributed by atoms with Gasteiger partial charge < -0.3 is 26.3 Å². The van der Waals surface area contributed by atoms with Crippen LogP contribution in [0.3, 0.4) is 0 Å². The summed E-state index contributed by atoms with van der Waals surface area (Å²) >= 11 is 0. The summed E-state index contributed by atoms with van der Waals surface area (Å²) < 4.78 is 9.96. The van der Waals surface area contributed by atoms with Crippen molar-refractivity contribution in [3.05, 3.63) is 47.3 Å². The van der Waals surface area contributed by atoms with E-state index in [4.69, 9.17) is 27.4 Å². The summed E-state index contributed by atoms with van der Waals surface area (Å²) in [6.07, 6.45) is 8.11. The number of rotatable bonds is 12. The number of nitrogens with zero attached hydrogens (tertiary/aromatic N) is 4. The summed E-state index contributed by atoms with van der Waals surface area (Å²) in [6, 6.07) is 5.88. The molecule has 12 nitrogen and oxygen atoms in total. The van der Waals surface area contributed by atoms with Crippen LogP contribution in [0, 0.1) is 12.3 Å². The largest absolute Gasteiger partial charge is 0.466 e. The van der Waals surface area contributed by atoms with Gasteiger partial charge in [0.1, 0.15) is 6.04 Å². The van der Waals surface area contributed by atoms with E-state index in [1.165, 1.54) is 0 Å². The minimum absolute atomic E-state index is 0.0176. The molecule has 2 aromatic heterocycles. The highest BCUT2D eigenvalue weighted by Crippen LogP contribution is 2.25. The lowest BCUT2D eigenvalue weighted by atomic mass is 9.91. The first kappa shape index (κ1) is 28.8. The molecule has 0 saturated carbocycles. The molecule has 1 amide bonds. The molecule has 5 N–H and O–H groups in total. The van der Waals surface area contributed by atoms with Gasteiger partial charge >= 0.3 is 11.9 Å². The average Bonchev–Trinajstić information content (AvgIpc) is 2.91. The van der Waals surface area contributed by atoms with Gasteiger partial charge in [-0.1, -0.05) is 12.1 Å². The highest BCUT2D eigenvalue weighted by atomic mass is 16.5. The number of anilines is 2. The van der Waals surface area contributed by atoms with Gasteiger partial charge in [0.25, 0.3) is 5.91 Å². The van der Waals surface area contributed by atoms with Crippen LogP contribution in [0.1, 0.15) is 60.6 Å². The third-order valence-electron chi connectivity index (χ3n) is 5.78. The van der Waals surface area contributed by atoms with Gasteiger partial charge in [0.2, 0.25) is 5.95 Å². The van der Waals surface area contributed by atoms with Gasteiger partial charge in [-0.05, 0) is 44.4 Å². The Kier molecular flexibility index (Phi) is 10.1. The first-order valence-electron chi connectivity index (χ1n) is 12.5. The Hall–Kier alpha value is -4.79. The molecule has 2 heterocycles. The van der Waals surface area contributed by atoms with Crippen molar-refractivity contribution in [3.63, 3.8) is 0 Å². The van der Waals surface area contributed by atoms with E-state index in [0.29, 0.717) is 35.3 Å². The number of carbonyl (C=O) groups excluding carboxylic acids is 3. The van der Waals surface area contributed by atoms with Gasteiger partial charge in [-0.2, -0.15) is 9.97 Å². The van der Waals surface area contributed by atoms with Gasteiger partial charge in [-0.3, -0.25) is 9.59 Å². The molecule has 0 spiro atoms. The van der Waals surface area contributed by atoms with E-state index in [9.17, 15) is 14.4 Å². The minimum Gasteiger partial charge on any atom is -0.466 e. The zero-order valence-corrected chi connectivity index (χ0v) is 21.8. The molecule has 0 aliphatic carbocycles. The molecule has 3 rings (SSSR count). The van der Waals surface area contributed by atoms with Gasteiger partial charge in [0.15, 0.2) is 17.0 Å². The topological polar surface area (TPSA) is 185 Å². The maximum absolute atomic E-state index is 12.9. The maximum Gasteiger partial charge on any atom is 0.328 e. The molecule has 0 fully saturated rings. The van der Waals surface area contributed by atoms with Crippen molar-refractivity contribution >= 4 is 40.8 Å². The van der Waals surface area contributed by atoms with Crippen molar-refractivity contribution in [2.45, 2.75) is 51.5 Å². The highest BCUT2D eigenvalue weighted by Gasteiger charge is 2.24. The number of carbonyl (C=O) groups is 3. The molecule has 3 aromatic rings. The van der Waals surface area contributed by atoms with Crippen molar-refractivity contribution in [1.29, 1.82) is 0 Å². The van der Waals surface area contributed by atoms with E-state index in [1.54, 1.807) is 44.3 Å². The first-order valence-corrected chi connectivity index (χ1v) is 12.5. The molecule has 0 aliphatic rings. The summed E-state index contributed by atoms with van der Waals surface area (Å²) in [6.45, 7) is 3.73. The molecule has 0 radical (unpaired) electrons. The quantitative estimate of drug-likeness (QED) is 0.228. The number of esters is 2. The smallest absolute Gasteiger partial charge is 0.328 e. The minimum atomic E-state index is -0.992. The summed E-state index contributed by atoms with van der Waals surface area (Å²) in [5.41, 5.74) is 14.1. The Morgan fingerprint density at radius 1 is 1.05 bits per heavy atom. The number of hydrogen-bond donors (Lipinski definition) is 3. The van der Waals surface area contributed by atoms with Crippen LogP contribution in [0.4, 0.5) is 11.8 Å². The fourth-order valence-corrected chi connectivity index (χ4v) is 3.92. The molecule has 0 aliphatic heterocycles. The second-order valence-corrected chi connectivity index (χ2v) is 8.55. The number of nitrogens with two attached hydrogens (primary N) is 2. The predicted molar refractivity (Wildman–Crippen MR) is 144 cm³/mol. The molecular formula is C27H31N7O5.